The van der Waals surface area contributed by atoms with Gasteiger partial charge in [-0.05, 0) is 25.0 Å². The lowest BCUT2D eigenvalue weighted by Crippen LogP contribution is -2.62. The molecule has 4 rings (SSSR count). The van der Waals surface area contributed by atoms with Crippen molar-refractivity contribution in [1.29, 1.82) is 0 Å². The Morgan fingerprint density at radius 2 is 1.64 bits per heavy atom. The summed E-state index contributed by atoms with van der Waals surface area (Å²) in [6, 6.07) is 27.6. The van der Waals surface area contributed by atoms with Crippen LogP contribution in [0.25, 0.3) is 0 Å². The van der Waals surface area contributed by atoms with E-state index in [2.05, 4.69) is 15.5 Å². The normalized spacial score (nSPS) is 16.7. The summed E-state index contributed by atoms with van der Waals surface area (Å²) < 4.78 is 0. The second-order valence-corrected chi connectivity index (χ2v) is 9.28. The van der Waals surface area contributed by atoms with Crippen molar-refractivity contribution in [1.82, 2.24) is 10.6 Å². The second-order valence-electron chi connectivity index (χ2n) is 9.28. The summed E-state index contributed by atoms with van der Waals surface area (Å²) in [5.41, 5.74) is 3.56. The number of carbonyl (C=O) groups is 2. The van der Waals surface area contributed by atoms with Gasteiger partial charge in [0.25, 0.3) is 0 Å². The fourth-order valence-electron chi connectivity index (χ4n) is 4.68. The Kier molecular flexibility index (Phi) is 7.68. The van der Waals surface area contributed by atoms with E-state index in [0.29, 0.717) is 19.5 Å². The van der Waals surface area contributed by atoms with Crippen molar-refractivity contribution in [3.63, 3.8) is 0 Å². The molecular formula is C29H31N4O3-. The van der Waals surface area contributed by atoms with Crippen molar-refractivity contribution in [3.05, 3.63) is 102 Å². The lowest BCUT2D eigenvalue weighted by Gasteiger charge is -2.37. The fraction of sp³-hybridized carbons (Fsp3) is 0.276. The molecule has 0 aromatic heterocycles. The molecule has 2 amide bonds. The molecule has 0 saturated heterocycles. The van der Waals surface area contributed by atoms with Crippen molar-refractivity contribution in [2.75, 3.05) is 25.0 Å². The Balaban J connectivity index is 1.57. The lowest BCUT2D eigenvalue weighted by atomic mass is 9.90. The van der Waals surface area contributed by atoms with Crippen LogP contribution < -0.4 is 20.6 Å². The predicted molar refractivity (Wildman–Crippen MR) is 140 cm³/mol. The number of likely N-dealkylation sites (N-methyl/N-ethyl adjacent to an activating group) is 1. The van der Waals surface area contributed by atoms with E-state index in [1.807, 2.05) is 92.0 Å². The van der Waals surface area contributed by atoms with Gasteiger partial charge in [-0.1, -0.05) is 78.9 Å². The van der Waals surface area contributed by atoms with Gasteiger partial charge >= 0.3 is 0 Å². The quantitative estimate of drug-likeness (QED) is 0.515. The fourth-order valence-corrected chi connectivity index (χ4v) is 4.68. The molecule has 1 aliphatic heterocycles. The first kappa shape index (κ1) is 25.0. The third kappa shape index (κ3) is 5.74. The minimum atomic E-state index is -1.49. The van der Waals surface area contributed by atoms with Gasteiger partial charge in [-0.3, -0.25) is 9.79 Å². The molecule has 1 heterocycles. The van der Waals surface area contributed by atoms with E-state index in [4.69, 9.17) is 4.99 Å². The Hall–Kier alpha value is -4.13. The zero-order valence-electron chi connectivity index (χ0n) is 20.6. The van der Waals surface area contributed by atoms with E-state index in [1.54, 1.807) is 6.92 Å². The van der Waals surface area contributed by atoms with Gasteiger partial charge in [-0.2, -0.15) is 0 Å². The SMILES string of the molecule is CN1c2ccccc2C(c2ccccc2)=NCC1CC(C)(NC(=O)[O-])C(=O)NCCc1ccccc1. The smallest absolute Gasteiger partial charge is 0.245 e. The summed E-state index contributed by atoms with van der Waals surface area (Å²) in [6.45, 7) is 2.40. The van der Waals surface area contributed by atoms with Crippen LogP contribution in [0.5, 0.6) is 0 Å². The van der Waals surface area contributed by atoms with Crippen molar-refractivity contribution in [2.45, 2.75) is 31.3 Å². The highest BCUT2D eigenvalue weighted by molar-refractivity contribution is 6.16. The lowest BCUT2D eigenvalue weighted by molar-refractivity contribution is -0.253. The van der Waals surface area contributed by atoms with E-state index >= 15 is 0 Å². The average molecular weight is 484 g/mol. The molecule has 186 valence electrons. The van der Waals surface area contributed by atoms with Crippen molar-refractivity contribution in [3.8, 4) is 0 Å². The molecule has 3 aromatic carbocycles. The minimum absolute atomic E-state index is 0.217. The van der Waals surface area contributed by atoms with Crippen LogP contribution in [0.1, 0.15) is 30.0 Å². The number of benzodiazepines with no additional fused rings is 1. The standard InChI is InChI=1S/C29H32N4O3/c1-29(32-28(35)36,27(34)30-18-17-21-11-5-3-6-12-21)19-23-20-31-26(22-13-7-4-8-14-22)24-15-9-10-16-25(24)33(23)2/h3-16,23,32H,17-20H2,1-2H3,(H,30,34)(H,35,36)/p-1. The number of rotatable bonds is 8. The molecule has 0 aliphatic carbocycles. The highest BCUT2D eigenvalue weighted by Gasteiger charge is 2.38. The maximum atomic E-state index is 13.3. The van der Waals surface area contributed by atoms with Gasteiger partial charge in [0, 0.05) is 36.8 Å². The van der Waals surface area contributed by atoms with Gasteiger partial charge in [-0.15, -0.1) is 0 Å². The number of hydrogen-bond acceptors (Lipinski definition) is 5. The highest BCUT2D eigenvalue weighted by atomic mass is 16.4. The van der Waals surface area contributed by atoms with Crippen LogP contribution in [0.15, 0.2) is 89.9 Å². The van der Waals surface area contributed by atoms with Gasteiger partial charge in [0.2, 0.25) is 5.91 Å². The molecular weight excluding hydrogens is 452 g/mol. The van der Waals surface area contributed by atoms with E-state index in [9.17, 15) is 14.7 Å². The molecule has 0 bridgehead atoms. The number of fused-ring (bicyclic) bond motifs is 1. The summed E-state index contributed by atoms with van der Waals surface area (Å²) in [4.78, 5) is 31.9. The molecule has 0 spiro atoms. The Labute approximate surface area is 211 Å². The maximum Gasteiger partial charge on any atom is 0.245 e. The number of amides is 2. The van der Waals surface area contributed by atoms with Crippen LogP contribution in [0, 0.1) is 0 Å². The molecule has 0 saturated carbocycles. The number of benzene rings is 3. The van der Waals surface area contributed by atoms with Gasteiger partial charge in [0.05, 0.1) is 18.3 Å². The van der Waals surface area contributed by atoms with E-state index in [-0.39, 0.29) is 18.4 Å². The van der Waals surface area contributed by atoms with Crippen molar-refractivity contribution in [2.24, 2.45) is 4.99 Å². The Bertz CT molecular complexity index is 1230. The van der Waals surface area contributed by atoms with Gasteiger partial charge < -0.3 is 25.4 Å². The molecule has 36 heavy (non-hydrogen) atoms. The highest BCUT2D eigenvalue weighted by Crippen LogP contribution is 2.30. The third-order valence-electron chi connectivity index (χ3n) is 6.66. The number of nitrogens with zero attached hydrogens (tertiary/aromatic N) is 2. The minimum Gasteiger partial charge on any atom is -0.530 e. The summed E-state index contributed by atoms with van der Waals surface area (Å²) >= 11 is 0. The number of carbonyl (C=O) groups excluding carboxylic acids is 2. The number of carboxylic acid groups (broad SMARTS) is 1. The summed E-state index contributed by atoms with van der Waals surface area (Å²) in [7, 11) is 1.96. The molecule has 7 nitrogen and oxygen atoms in total. The number of para-hydroxylation sites is 1. The number of hydrogen-bond donors (Lipinski definition) is 2. The summed E-state index contributed by atoms with van der Waals surface area (Å²) in [6.07, 6.45) is -0.620. The molecule has 1 aliphatic rings. The van der Waals surface area contributed by atoms with Crippen LogP contribution in [-0.4, -0.2) is 49.4 Å². The molecule has 2 atom stereocenters. The molecule has 2 N–H and O–H groups in total. The number of nitrogens with one attached hydrogen (secondary N) is 2. The number of anilines is 1. The van der Waals surface area contributed by atoms with Crippen LogP contribution in [0.4, 0.5) is 10.5 Å². The van der Waals surface area contributed by atoms with Gasteiger partial charge in [-0.25, -0.2) is 0 Å². The predicted octanol–water partition coefficient (Wildman–Crippen LogP) is 2.78. The Morgan fingerprint density at radius 1 is 1.00 bits per heavy atom. The van der Waals surface area contributed by atoms with Crippen LogP contribution >= 0.6 is 0 Å². The summed E-state index contributed by atoms with van der Waals surface area (Å²) in [5, 5.41) is 16.9. The van der Waals surface area contributed by atoms with Crippen LogP contribution in [0.2, 0.25) is 0 Å². The summed E-state index contributed by atoms with van der Waals surface area (Å²) in [5.74, 6) is -0.388. The molecule has 0 fully saturated rings. The van der Waals surface area contributed by atoms with Crippen molar-refractivity contribution >= 4 is 23.4 Å². The zero-order valence-corrected chi connectivity index (χ0v) is 20.6. The average Bonchev–Trinajstić information content (AvgIpc) is 3.01. The molecule has 3 aromatic rings. The molecule has 7 heteroatoms. The first-order chi connectivity index (χ1) is 17.4. The topological polar surface area (TPSA) is 96.9 Å². The van der Waals surface area contributed by atoms with Gasteiger partial charge in [0.15, 0.2) is 0 Å². The number of aliphatic imine (C=N–C) groups is 1. The van der Waals surface area contributed by atoms with E-state index < -0.39 is 11.6 Å². The first-order valence-corrected chi connectivity index (χ1v) is 12.1. The van der Waals surface area contributed by atoms with E-state index in [1.165, 1.54) is 0 Å². The molecule has 0 radical (unpaired) electrons. The maximum absolute atomic E-state index is 13.3. The van der Waals surface area contributed by atoms with Crippen LogP contribution in [-0.2, 0) is 11.2 Å². The Morgan fingerprint density at radius 3 is 2.33 bits per heavy atom. The van der Waals surface area contributed by atoms with Crippen LogP contribution in [0.3, 0.4) is 0 Å². The van der Waals surface area contributed by atoms with Gasteiger partial charge in [0.1, 0.15) is 11.6 Å². The first-order valence-electron chi connectivity index (χ1n) is 12.1. The largest absolute Gasteiger partial charge is 0.530 e. The molecule has 2 unspecified atom stereocenters. The van der Waals surface area contributed by atoms with Crippen molar-refractivity contribution < 1.29 is 14.7 Å². The zero-order chi connectivity index (χ0) is 25.5. The second kappa shape index (κ2) is 11.1. The monoisotopic (exact) mass is 483 g/mol. The van der Waals surface area contributed by atoms with E-state index in [0.717, 1.165) is 28.1 Å². The third-order valence-corrected chi connectivity index (χ3v) is 6.66.